The molecule has 0 spiro atoms. The Morgan fingerprint density at radius 2 is 1.95 bits per heavy atom. The molecule has 2 N–H and O–H groups in total. The lowest BCUT2D eigenvalue weighted by Crippen LogP contribution is -2.32. The van der Waals surface area contributed by atoms with E-state index in [2.05, 4.69) is 5.32 Å². The minimum absolute atomic E-state index is 0.0729. The highest BCUT2D eigenvalue weighted by molar-refractivity contribution is 5.78. The van der Waals surface area contributed by atoms with Crippen molar-refractivity contribution >= 4 is 5.91 Å². The Labute approximate surface area is 130 Å². The summed E-state index contributed by atoms with van der Waals surface area (Å²) in [7, 11) is 0. The van der Waals surface area contributed by atoms with Crippen molar-refractivity contribution in [2.45, 2.75) is 31.8 Å². The lowest BCUT2D eigenvalue weighted by molar-refractivity contribution is -0.125. The molecule has 1 amide bonds. The molecule has 1 fully saturated rings. The molecule has 1 aromatic carbocycles. The summed E-state index contributed by atoms with van der Waals surface area (Å²) in [4.78, 5) is 12.0. The van der Waals surface area contributed by atoms with E-state index in [-0.39, 0.29) is 18.4 Å². The third-order valence-electron chi connectivity index (χ3n) is 4.30. The third kappa shape index (κ3) is 3.39. The van der Waals surface area contributed by atoms with Crippen LogP contribution in [0, 0.1) is 5.92 Å². The van der Waals surface area contributed by atoms with Gasteiger partial charge in [-0.3, -0.25) is 4.79 Å². The van der Waals surface area contributed by atoms with Crippen LogP contribution in [0.3, 0.4) is 0 Å². The number of rotatable bonds is 5. The van der Waals surface area contributed by atoms with Crippen LogP contribution in [0.15, 0.2) is 47.1 Å². The predicted molar refractivity (Wildman–Crippen MR) is 84.1 cm³/mol. The standard InChI is InChI=1S/C18H21NO3/c20-16(12-19-18(21)15-4-1-2-5-15)13-7-9-14(10-8-13)17-6-3-11-22-17/h3,6-11,15-16,20H,1-2,4-5,12H2,(H,19,21)/t16-/m0/s1. The number of nitrogens with one attached hydrogen (secondary N) is 1. The van der Waals surface area contributed by atoms with Gasteiger partial charge in [0.25, 0.3) is 0 Å². The summed E-state index contributed by atoms with van der Waals surface area (Å²) >= 11 is 0. The number of hydrogen-bond acceptors (Lipinski definition) is 3. The van der Waals surface area contributed by atoms with Crippen molar-refractivity contribution in [3.63, 3.8) is 0 Å². The zero-order valence-corrected chi connectivity index (χ0v) is 12.5. The van der Waals surface area contributed by atoms with E-state index in [1.54, 1.807) is 6.26 Å². The van der Waals surface area contributed by atoms with Crippen molar-refractivity contribution in [1.29, 1.82) is 0 Å². The Morgan fingerprint density at radius 3 is 2.59 bits per heavy atom. The van der Waals surface area contributed by atoms with Crippen LogP contribution in [0.1, 0.15) is 37.4 Å². The van der Waals surface area contributed by atoms with E-state index < -0.39 is 6.10 Å². The number of aliphatic hydroxyl groups is 1. The molecule has 22 heavy (non-hydrogen) atoms. The highest BCUT2D eigenvalue weighted by Gasteiger charge is 2.22. The molecular formula is C18H21NO3. The quantitative estimate of drug-likeness (QED) is 0.890. The molecule has 2 aromatic rings. The van der Waals surface area contributed by atoms with Gasteiger partial charge in [0.1, 0.15) is 5.76 Å². The van der Waals surface area contributed by atoms with Crippen molar-refractivity contribution in [1.82, 2.24) is 5.32 Å². The van der Waals surface area contributed by atoms with Crippen LogP contribution in [-0.4, -0.2) is 17.6 Å². The van der Waals surface area contributed by atoms with E-state index in [0.717, 1.165) is 42.6 Å². The molecule has 116 valence electrons. The molecule has 1 heterocycles. The minimum Gasteiger partial charge on any atom is -0.464 e. The Bertz CT molecular complexity index is 598. The molecule has 1 saturated carbocycles. The molecule has 4 heteroatoms. The fraction of sp³-hybridized carbons (Fsp3) is 0.389. The van der Waals surface area contributed by atoms with Crippen LogP contribution < -0.4 is 5.32 Å². The minimum atomic E-state index is -0.684. The third-order valence-corrected chi connectivity index (χ3v) is 4.30. The fourth-order valence-electron chi connectivity index (χ4n) is 2.96. The van der Waals surface area contributed by atoms with Crippen LogP contribution in [0.5, 0.6) is 0 Å². The summed E-state index contributed by atoms with van der Waals surface area (Å²) in [6.45, 7) is 0.259. The number of furan rings is 1. The van der Waals surface area contributed by atoms with Crippen molar-refractivity contribution in [3.05, 3.63) is 48.2 Å². The van der Waals surface area contributed by atoms with Gasteiger partial charge < -0.3 is 14.8 Å². The largest absolute Gasteiger partial charge is 0.464 e. The number of aliphatic hydroxyl groups excluding tert-OH is 1. The average molecular weight is 299 g/mol. The van der Waals surface area contributed by atoms with Crippen LogP contribution >= 0.6 is 0 Å². The van der Waals surface area contributed by atoms with Gasteiger partial charge in [-0.1, -0.05) is 37.1 Å². The van der Waals surface area contributed by atoms with Crippen LogP contribution in [0.4, 0.5) is 0 Å². The molecule has 1 aromatic heterocycles. The molecule has 1 aliphatic rings. The van der Waals surface area contributed by atoms with Gasteiger partial charge in [0.15, 0.2) is 0 Å². The molecule has 1 aliphatic carbocycles. The van der Waals surface area contributed by atoms with E-state index in [9.17, 15) is 9.90 Å². The van der Waals surface area contributed by atoms with Crippen molar-refractivity contribution in [2.75, 3.05) is 6.54 Å². The molecule has 0 saturated heterocycles. The molecule has 4 nitrogen and oxygen atoms in total. The fourth-order valence-corrected chi connectivity index (χ4v) is 2.96. The first-order valence-electron chi connectivity index (χ1n) is 7.83. The maximum absolute atomic E-state index is 12.0. The van der Waals surface area contributed by atoms with Crippen LogP contribution in [-0.2, 0) is 4.79 Å². The van der Waals surface area contributed by atoms with E-state index >= 15 is 0 Å². The summed E-state index contributed by atoms with van der Waals surface area (Å²) < 4.78 is 5.34. The molecule has 0 unspecified atom stereocenters. The lowest BCUT2D eigenvalue weighted by Gasteiger charge is -2.15. The van der Waals surface area contributed by atoms with E-state index in [0.29, 0.717) is 0 Å². The number of hydrogen-bond donors (Lipinski definition) is 2. The highest BCUT2D eigenvalue weighted by atomic mass is 16.3. The smallest absolute Gasteiger partial charge is 0.223 e. The summed E-state index contributed by atoms with van der Waals surface area (Å²) in [5.74, 6) is 1.01. The summed E-state index contributed by atoms with van der Waals surface area (Å²) in [5.41, 5.74) is 1.76. The van der Waals surface area contributed by atoms with Crippen molar-refractivity contribution in [3.8, 4) is 11.3 Å². The van der Waals surface area contributed by atoms with Gasteiger partial charge in [-0.2, -0.15) is 0 Å². The van der Waals surface area contributed by atoms with Gasteiger partial charge in [-0.25, -0.2) is 0 Å². The molecular weight excluding hydrogens is 278 g/mol. The SMILES string of the molecule is O=C(NC[C@H](O)c1ccc(-c2ccco2)cc1)C1CCCC1. The van der Waals surface area contributed by atoms with E-state index in [1.165, 1.54) is 0 Å². The monoisotopic (exact) mass is 299 g/mol. The van der Waals surface area contributed by atoms with Gasteiger partial charge in [-0.15, -0.1) is 0 Å². The normalized spacial score (nSPS) is 16.6. The summed E-state index contributed by atoms with van der Waals surface area (Å²) in [6.07, 6.45) is 5.16. The Morgan fingerprint density at radius 1 is 1.23 bits per heavy atom. The van der Waals surface area contributed by atoms with Crippen molar-refractivity contribution in [2.24, 2.45) is 5.92 Å². The van der Waals surface area contributed by atoms with Gasteiger partial charge in [0.2, 0.25) is 5.91 Å². The van der Waals surface area contributed by atoms with Crippen LogP contribution in [0.2, 0.25) is 0 Å². The zero-order chi connectivity index (χ0) is 15.4. The Hall–Kier alpha value is -2.07. The number of carbonyl (C=O) groups is 1. The van der Waals surface area contributed by atoms with Gasteiger partial charge in [0, 0.05) is 18.0 Å². The van der Waals surface area contributed by atoms with E-state index in [1.807, 2.05) is 36.4 Å². The molecule has 0 aliphatic heterocycles. The number of benzene rings is 1. The second-order valence-electron chi connectivity index (χ2n) is 5.84. The first-order valence-corrected chi connectivity index (χ1v) is 7.83. The first-order chi connectivity index (χ1) is 10.7. The van der Waals surface area contributed by atoms with Gasteiger partial charge in [0.05, 0.1) is 12.4 Å². The number of amides is 1. The highest BCUT2D eigenvalue weighted by Crippen LogP contribution is 2.25. The topological polar surface area (TPSA) is 62.5 Å². The number of carbonyl (C=O) groups excluding carboxylic acids is 1. The molecule has 0 bridgehead atoms. The molecule has 0 radical (unpaired) electrons. The average Bonchev–Trinajstić information content (AvgIpc) is 3.25. The first kappa shape index (κ1) is 14.9. The van der Waals surface area contributed by atoms with Crippen molar-refractivity contribution < 1.29 is 14.3 Å². The molecule has 1 atom stereocenters. The molecule has 3 rings (SSSR count). The van der Waals surface area contributed by atoms with Gasteiger partial charge in [-0.05, 0) is 30.5 Å². The van der Waals surface area contributed by atoms with Gasteiger partial charge >= 0.3 is 0 Å². The van der Waals surface area contributed by atoms with Crippen LogP contribution in [0.25, 0.3) is 11.3 Å². The van der Waals surface area contributed by atoms with E-state index in [4.69, 9.17) is 4.42 Å². The maximum Gasteiger partial charge on any atom is 0.223 e. The Kier molecular flexibility index (Phi) is 4.59. The lowest BCUT2D eigenvalue weighted by atomic mass is 10.0. The summed E-state index contributed by atoms with van der Waals surface area (Å²) in [5, 5.41) is 13.1. The second kappa shape index (κ2) is 6.79. The second-order valence-corrected chi connectivity index (χ2v) is 5.84. The maximum atomic E-state index is 12.0. The summed E-state index contributed by atoms with van der Waals surface area (Å²) in [6, 6.07) is 11.3. The Balaban J connectivity index is 1.55. The zero-order valence-electron chi connectivity index (χ0n) is 12.5. The predicted octanol–water partition coefficient (Wildman–Crippen LogP) is 3.29.